The molecule has 7 heteroatoms. The molecule has 1 fully saturated rings. The lowest BCUT2D eigenvalue weighted by Crippen LogP contribution is -2.43. The van der Waals surface area contributed by atoms with Crippen molar-refractivity contribution in [1.82, 2.24) is 5.32 Å². The Morgan fingerprint density at radius 3 is 2.58 bits per heavy atom. The van der Waals surface area contributed by atoms with Crippen LogP contribution < -0.4 is 5.32 Å². The number of nitriles is 1. The van der Waals surface area contributed by atoms with Crippen molar-refractivity contribution >= 4 is 39.1 Å². The maximum atomic E-state index is 12.2. The molecule has 0 bridgehead atoms. The number of esters is 1. The number of nitrogens with one attached hydrogen (secondary N) is 1. The van der Waals surface area contributed by atoms with E-state index in [0.717, 1.165) is 11.3 Å². The van der Waals surface area contributed by atoms with Crippen LogP contribution in [0.25, 0.3) is 0 Å². The summed E-state index contributed by atoms with van der Waals surface area (Å²) in [4.78, 5) is 24.7. The van der Waals surface area contributed by atoms with Gasteiger partial charge in [-0.15, -0.1) is 11.3 Å². The third kappa shape index (κ3) is 2.38. The Hall–Kier alpha value is -1.39. The molecule has 0 radical (unpaired) electrons. The molecule has 1 aliphatic rings. The Morgan fingerprint density at radius 1 is 1.53 bits per heavy atom. The Labute approximate surface area is 122 Å². The van der Waals surface area contributed by atoms with Crippen LogP contribution in [0.15, 0.2) is 4.47 Å². The summed E-state index contributed by atoms with van der Waals surface area (Å²) in [5.41, 5.74) is -0.165. The largest absolute Gasteiger partial charge is 0.467 e. The average Bonchev–Trinajstić information content (AvgIpc) is 3.12. The van der Waals surface area contributed by atoms with Gasteiger partial charge in [-0.1, -0.05) is 0 Å². The number of methoxy groups -OCH3 is 1. The van der Waals surface area contributed by atoms with E-state index in [0.29, 0.717) is 32.6 Å². The number of carbonyl (C=O) groups excluding carboxylic acids is 2. The van der Waals surface area contributed by atoms with Gasteiger partial charge in [0.05, 0.1) is 12.0 Å². The molecule has 1 amide bonds. The van der Waals surface area contributed by atoms with Crippen molar-refractivity contribution in [2.75, 3.05) is 7.11 Å². The second-order valence-electron chi connectivity index (χ2n) is 4.34. The van der Waals surface area contributed by atoms with Crippen molar-refractivity contribution in [3.05, 3.63) is 19.8 Å². The molecular weight excluding hydrogens is 332 g/mol. The summed E-state index contributed by atoms with van der Waals surface area (Å²) in [6, 6.07) is 2.02. The zero-order valence-corrected chi connectivity index (χ0v) is 12.8. The predicted molar refractivity (Wildman–Crippen MR) is 72.9 cm³/mol. The molecule has 1 heterocycles. The first-order chi connectivity index (χ1) is 8.95. The number of hydrogen-bond acceptors (Lipinski definition) is 5. The highest BCUT2D eigenvalue weighted by atomic mass is 79.9. The van der Waals surface area contributed by atoms with E-state index in [4.69, 9.17) is 5.26 Å². The molecule has 1 aromatic rings. The molecule has 100 valence electrons. The molecule has 19 heavy (non-hydrogen) atoms. The van der Waals surface area contributed by atoms with Gasteiger partial charge in [0.15, 0.2) is 0 Å². The van der Waals surface area contributed by atoms with Crippen LogP contribution in [0, 0.1) is 18.3 Å². The minimum absolute atomic E-state index is 0.340. The fraction of sp³-hybridized carbons (Fsp3) is 0.417. The zero-order valence-electron chi connectivity index (χ0n) is 10.4. The fourth-order valence-electron chi connectivity index (χ4n) is 1.76. The Morgan fingerprint density at radius 2 is 2.16 bits per heavy atom. The van der Waals surface area contributed by atoms with Gasteiger partial charge in [0.25, 0.3) is 5.91 Å². The second-order valence-corrected chi connectivity index (χ2v) is 6.15. The van der Waals surface area contributed by atoms with Crippen LogP contribution in [-0.2, 0) is 9.53 Å². The first-order valence-corrected chi connectivity index (χ1v) is 7.16. The van der Waals surface area contributed by atoms with Crippen LogP contribution in [0.3, 0.4) is 0 Å². The minimum atomic E-state index is -0.873. The van der Waals surface area contributed by atoms with Gasteiger partial charge < -0.3 is 10.1 Å². The maximum Gasteiger partial charge on any atom is 0.331 e. The molecule has 5 nitrogen and oxygen atoms in total. The van der Waals surface area contributed by atoms with Gasteiger partial charge in [0.1, 0.15) is 16.5 Å². The maximum absolute atomic E-state index is 12.2. The lowest BCUT2D eigenvalue weighted by molar-refractivity contribution is -0.144. The number of nitrogens with zero attached hydrogens (tertiary/aromatic N) is 1. The molecule has 0 unspecified atom stereocenters. The lowest BCUT2D eigenvalue weighted by Gasteiger charge is -2.14. The number of carbonyl (C=O) groups is 2. The highest BCUT2D eigenvalue weighted by molar-refractivity contribution is 9.10. The van der Waals surface area contributed by atoms with Crippen molar-refractivity contribution in [3.8, 4) is 6.07 Å². The summed E-state index contributed by atoms with van der Waals surface area (Å²) in [6.07, 6.45) is 1.17. The number of hydrogen-bond donors (Lipinski definition) is 1. The Kier molecular flexibility index (Phi) is 3.65. The van der Waals surface area contributed by atoms with Gasteiger partial charge in [0, 0.05) is 4.47 Å². The van der Waals surface area contributed by atoms with Crippen molar-refractivity contribution < 1.29 is 14.3 Å². The number of amides is 1. The van der Waals surface area contributed by atoms with E-state index in [9.17, 15) is 9.59 Å². The summed E-state index contributed by atoms with van der Waals surface area (Å²) in [5, 5.41) is 11.6. The second kappa shape index (κ2) is 4.94. The molecule has 1 aromatic heterocycles. The smallest absolute Gasteiger partial charge is 0.331 e. The molecule has 0 saturated heterocycles. The SMILES string of the molecule is COC(=O)C1(NC(=O)c2sc(C#N)c(Br)c2C)CC1. The summed E-state index contributed by atoms with van der Waals surface area (Å²) in [5.74, 6) is -0.762. The number of halogens is 1. The van der Waals surface area contributed by atoms with E-state index < -0.39 is 11.5 Å². The molecule has 0 aliphatic heterocycles. The standard InChI is InChI=1S/C12H11BrN2O3S/c1-6-8(13)7(5-14)19-9(6)10(16)15-12(3-4-12)11(17)18-2/h3-4H2,1-2H3,(H,15,16). The van der Waals surface area contributed by atoms with Crippen LogP contribution in [0.4, 0.5) is 0 Å². The lowest BCUT2D eigenvalue weighted by atomic mass is 10.2. The third-order valence-corrected chi connectivity index (χ3v) is 5.51. The van der Waals surface area contributed by atoms with Gasteiger partial charge >= 0.3 is 5.97 Å². The van der Waals surface area contributed by atoms with E-state index in [1.165, 1.54) is 7.11 Å². The highest BCUT2D eigenvalue weighted by Crippen LogP contribution is 2.38. The monoisotopic (exact) mass is 342 g/mol. The van der Waals surface area contributed by atoms with Crippen molar-refractivity contribution in [1.29, 1.82) is 5.26 Å². The van der Waals surface area contributed by atoms with Crippen molar-refractivity contribution in [2.45, 2.75) is 25.3 Å². The summed E-state index contributed by atoms with van der Waals surface area (Å²) in [6.45, 7) is 1.76. The van der Waals surface area contributed by atoms with E-state index >= 15 is 0 Å². The molecule has 1 aliphatic carbocycles. The molecular formula is C12H11BrN2O3S. The quantitative estimate of drug-likeness (QED) is 0.853. The summed E-state index contributed by atoms with van der Waals surface area (Å²) >= 11 is 4.39. The fourth-order valence-corrected chi connectivity index (χ4v) is 3.31. The van der Waals surface area contributed by atoms with Crippen LogP contribution in [0.5, 0.6) is 0 Å². The normalized spacial score (nSPS) is 15.5. The Balaban J connectivity index is 2.23. The van der Waals surface area contributed by atoms with E-state index in [-0.39, 0.29) is 5.91 Å². The molecule has 1 saturated carbocycles. The molecule has 0 aromatic carbocycles. The summed E-state index contributed by atoms with van der Waals surface area (Å²) in [7, 11) is 1.30. The zero-order chi connectivity index (χ0) is 14.2. The van der Waals surface area contributed by atoms with Crippen LogP contribution in [0.1, 0.15) is 33.0 Å². The number of ether oxygens (including phenoxy) is 1. The first kappa shape index (κ1) is 14.0. The van der Waals surface area contributed by atoms with Gasteiger partial charge in [0.2, 0.25) is 0 Å². The van der Waals surface area contributed by atoms with Gasteiger partial charge in [-0.2, -0.15) is 5.26 Å². The van der Waals surface area contributed by atoms with E-state index in [2.05, 4.69) is 26.0 Å². The Bertz CT molecular complexity index is 599. The van der Waals surface area contributed by atoms with Crippen LogP contribution in [0.2, 0.25) is 0 Å². The molecule has 0 atom stereocenters. The minimum Gasteiger partial charge on any atom is -0.467 e. The first-order valence-electron chi connectivity index (χ1n) is 5.55. The van der Waals surface area contributed by atoms with E-state index in [1.807, 2.05) is 6.07 Å². The van der Waals surface area contributed by atoms with Gasteiger partial charge in [-0.3, -0.25) is 4.79 Å². The third-order valence-electron chi connectivity index (χ3n) is 3.06. The molecule has 2 rings (SSSR count). The van der Waals surface area contributed by atoms with Gasteiger partial charge in [-0.25, -0.2) is 4.79 Å². The molecule has 1 N–H and O–H groups in total. The predicted octanol–water partition coefficient (Wildman–Crippen LogP) is 2.13. The number of thiophene rings is 1. The van der Waals surface area contributed by atoms with Gasteiger partial charge in [-0.05, 0) is 41.3 Å². The topological polar surface area (TPSA) is 79.2 Å². The van der Waals surface area contributed by atoms with Crippen LogP contribution >= 0.6 is 27.3 Å². The van der Waals surface area contributed by atoms with Crippen LogP contribution in [-0.4, -0.2) is 24.5 Å². The van der Waals surface area contributed by atoms with Crippen molar-refractivity contribution in [2.24, 2.45) is 0 Å². The highest BCUT2D eigenvalue weighted by Gasteiger charge is 2.52. The van der Waals surface area contributed by atoms with Crippen molar-refractivity contribution in [3.63, 3.8) is 0 Å². The summed E-state index contributed by atoms with van der Waals surface area (Å²) < 4.78 is 5.32. The average molecular weight is 343 g/mol. The number of rotatable bonds is 3. The van der Waals surface area contributed by atoms with E-state index in [1.54, 1.807) is 6.92 Å². The molecule has 0 spiro atoms.